The van der Waals surface area contributed by atoms with E-state index in [2.05, 4.69) is 25.6 Å². The fourth-order valence-corrected chi connectivity index (χ4v) is 3.72. The van der Waals surface area contributed by atoms with Crippen molar-refractivity contribution in [2.75, 3.05) is 11.9 Å². The number of hydrogen-bond acceptors (Lipinski definition) is 7. The minimum Gasteiger partial charge on any atom is -0.378 e. The lowest BCUT2D eigenvalue weighted by molar-refractivity contribution is -0.0227. The number of thiazole rings is 1. The number of aromatic amines is 1. The Morgan fingerprint density at radius 3 is 3.11 bits per heavy atom. The largest absolute Gasteiger partial charge is 0.378 e. The molecular formula is C17H17N7O2S. The third-order valence-corrected chi connectivity index (χ3v) is 5.31. The lowest BCUT2D eigenvalue weighted by Gasteiger charge is -2.34. The fourth-order valence-electron chi connectivity index (χ4n) is 2.94. The maximum atomic E-state index is 12.5. The molecular weight excluding hydrogens is 366 g/mol. The van der Waals surface area contributed by atoms with E-state index in [1.165, 1.54) is 11.3 Å². The number of rotatable bonds is 6. The van der Waals surface area contributed by atoms with Crippen molar-refractivity contribution in [3.05, 3.63) is 35.4 Å². The first-order chi connectivity index (χ1) is 13.2. The Labute approximate surface area is 159 Å². The Morgan fingerprint density at radius 1 is 1.56 bits per heavy atom. The Hall–Kier alpha value is -3.03. The molecule has 1 aliphatic rings. The lowest BCUT2D eigenvalue weighted by Crippen LogP contribution is -2.33. The molecule has 4 rings (SSSR count). The quantitative estimate of drug-likeness (QED) is 0.675. The third-order valence-electron chi connectivity index (χ3n) is 4.41. The van der Waals surface area contributed by atoms with Crippen molar-refractivity contribution >= 4 is 22.9 Å². The molecule has 0 radical (unpaired) electrons. The number of aromatic nitrogens is 5. The highest BCUT2D eigenvalue weighted by atomic mass is 32.1. The highest BCUT2D eigenvalue weighted by molar-refractivity contribution is 7.13. The number of nitrogens with zero attached hydrogens (tertiary/aromatic N) is 5. The van der Waals surface area contributed by atoms with E-state index in [1.54, 1.807) is 28.7 Å². The SMILES string of the molecule is CCO[C@H]1C[C@@H](n2cc(NC(=O)c3csc(-c4cn[nH]c4)n3)c(C#N)n2)C1. The summed E-state index contributed by atoms with van der Waals surface area (Å²) in [5, 5.41) is 25.3. The minimum atomic E-state index is -0.377. The van der Waals surface area contributed by atoms with Gasteiger partial charge in [0.1, 0.15) is 16.8 Å². The summed E-state index contributed by atoms with van der Waals surface area (Å²) < 4.78 is 7.30. The molecule has 10 heteroatoms. The van der Waals surface area contributed by atoms with Crippen molar-refractivity contribution in [1.82, 2.24) is 25.0 Å². The third kappa shape index (κ3) is 3.47. The fraction of sp³-hybridized carbons (Fsp3) is 0.353. The topological polar surface area (TPSA) is 122 Å². The van der Waals surface area contributed by atoms with Crippen LogP contribution in [-0.2, 0) is 4.74 Å². The molecule has 138 valence electrons. The van der Waals surface area contributed by atoms with E-state index in [9.17, 15) is 10.1 Å². The van der Waals surface area contributed by atoms with E-state index in [-0.39, 0.29) is 29.4 Å². The molecule has 0 aromatic carbocycles. The van der Waals surface area contributed by atoms with Gasteiger partial charge in [-0.2, -0.15) is 15.5 Å². The van der Waals surface area contributed by atoms with Crippen LogP contribution in [0.5, 0.6) is 0 Å². The number of nitriles is 1. The second kappa shape index (κ2) is 7.30. The van der Waals surface area contributed by atoms with Crippen LogP contribution in [0, 0.1) is 11.3 Å². The summed E-state index contributed by atoms with van der Waals surface area (Å²) >= 11 is 1.35. The van der Waals surface area contributed by atoms with Crippen LogP contribution in [-0.4, -0.2) is 43.6 Å². The first kappa shape index (κ1) is 17.4. The van der Waals surface area contributed by atoms with Gasteiger partial charge in [0.2, 0.25) is 0 Å². The number of hydrogen-bond donors (Lipinski definition) is 2. The molecule has 0 unspecified atom stereocenters. The maximum absolute atomic E-state index is 12.5. The van der Waals surface area contributed by atoms with E-state index in [4.69, 9.17) is 4.74 Å². The van der Waals surface area contributed by atoms with E-state index in [0.29, 0.717) is 17.3 Å². The van der Waals surface area contributed by atoms with Crippen LogP contribution in [0.25, 0.3) is 10.6 Å². The van der Waals surface area contributed by atoms with Gasteiger partial charge in [0.15, 0.2) is 5.69 Å². The smallest absolute Gasteiger partial charge is 0.275 e. The number of nitrogens with one attached hydrogen (secondary N) is 2. The molecule has 1 fully saturated rings. The van der Waals surface area contributed by atoms with E-state index >= 15 is 0 Å². The first-order valence-electron chi connectivity index (χ1n) is 8.54. The molecule has 0 atom stereocenters. The molecule has 2 N–H and O–H groups in total. The molecule has 1 amide bonds. The van der Waals surface area contributed by atoms with Crippen molar-refractivity contribution in [3.63, 3.8) is 0 Å². The van der Waals surface area contributed by atoms with Gasteiger partial charge < -0.3 is 10.1 Å². The molecule has 1 saturated carbocycles. The van der Waals surface area contributed by atoms with E-state index in [1.807, 2.05) is 13.0 Å². The molecule has 3 heterocycles. The maximum Gasteiger partial charge on any atom is 0.275 e. The summed E-state index contributed by atoms with van der Waals surface area (Å²) in [5.74, 6) is -0.377. The molecule has 9 nitrogen and oxygen atoms in total. The van der Waals surface area contributed by atoms with Gasteiger partial charge in [-0.1, -0.05) is 0 Å². The Morgan fingerprint density at radius 2 is 2.41 bits per heavy atom. The number of carbonyl (C=O) groups is 1. The highest BCUT2D eigenvalue weighted by Crippen LogP contribution is 2.35. The van der Waals surface area contributed by atoms with Gasteiger partial charge in [0, 0.05) is 23.7 Å². The van der Waals surface area contributed by atoms with Crippen LogP contribution in [0.15, 0.2) is 24.0 Å². The van der Waals surface area contributed by atoms with Gasteiger partial charge in [-0.15, -0.1) is 11.3 Å². The normalized spacial score (nSPS) is 18.7. The van der Waals surface area contributed by atoms with E-state index in [0.717, 1.165) is 18.4 Å². The van der Waals surface area contributed by atoms with Crippen molar-refractivity contribution < 1.29 is 9.53 Å². The molecule has 3 aromatic heterocycles. The van der Waals surface area contributed by atoms with Crippen molar-refractivity contribution in [1.29, 1.82) is 5.26 Å². The van der Waals surface area contributed by atoms with Crippen molar-refractivity contribution in [3.8, 4) is 16.6 Å². The Balaban J connectivity index is 1.46. The van der Waals surface area contributed by atoms with Gasteiger partial charge in [-0.05, 0) is 19.8 Å². The van der Waals surface area contributed by atoms with Gasteiger partial charge in [-0.25, -0.2) is 4.98 Å². The summed E-state index contributed by atoms with van der Waals surface area (Å²) in [5.41, 5.74) is 1.68. The second-order valence-corrected chi connectivity index (χ2v) is 7.02. The number of anilines is 1. The molecule has 0 aliphatic heterocycles. The predicted octanol–water partition coefficient (Wildman–Crippen LogP) is 2.59. The zero-order chi connectivity index (χ0) is 18.8. The number of amides is 1. The summed E-state index contributed by atoms with van der Waals surface area (Å²) in [7, 11) is 0. The summed E-state index contributed by atoms with van der Waals surface area (Å²) in [6.45, 7) is 2.66. The van der Waals surface area contributed by atoms with Crippen molar-refractivity contribution in [2.24, 2.45) is 0 Å². The first-order valence-corrected chi connectivity index (χ1v) is 9.42. The zero-order valence-electron chi connectivity index (χ0n) is 14.5. The van der Waals surface area contributed by atoms with Crippen LogP contribution in [0.1, 0.15) is 42.0 Å². The second-order valence-electron chi connectivity index (χ2n) is 6.16. The van der Waals surface area contributed by atoms with Gasteiger partial charge in [0.05, 0.1) is 30.2 Å². The summed E-state index contributed by atoms with van der Waals surface area (Å²) in [6, 6.07) is 2.22. The number of H-pyrrole nitrogens is 1. The van der Waals surface area contributed by atoms with Gasteiger partial charge in [0.25, 0.3) is 5.91 Å². The Bertz CT molecular complexity index is 980. The van der Waals surface area contributed by atoms with Gasteiger partial charge in [-0.3, -0.25) is 14.6 Å². The average Bonchev–Trinajstić information content (AvgIpc) is 3.36. The minimum absolute atomic E-state index is 0.186. The predicted molar refractivity (Wildman–Crippen MR) is 98.3 cm³/mol. The number of carbonyl (C=O) groups excluding carboxylic acids is 1. The van der Waals surface area contributed by atoms with Crippen molar-refractivity contribution in [2.45, 2.75) is 31.9 Å². The molecule has 27 heavy (non-hydrogen) atoms. The highest BCUT2D eigenvalue weighted by Gasteiger charge is 2.32. The van der Waals surface area contributed by atoms with E-state index < -0.39 is 0 Å². The monoisotopic (exact) mass is 383 g/mol. The standard InChI is InChI=1S/C17H17N7O2S/c1-2-26-12-3-11(4-12)24-8-14(13(5-18)23-24)21-16(25)15-9-27-17(22-15)10-6-19-20-7-10/h6-9,11-12H,2-4H2,1H3,(H,19,20)(H,21,25)/t11-,12+. The summed E-state index contributed by atoms with van der Waals surface area (Å²) in [6.07, 6.45) is 7.01. The molecule has 0 spiro atoms. The Kier molecular flexibility index (Phi) is 4.70. The lowest BCUT2D eigenvalue weighted by atomic mass is 9.89. The van der Waals surface area contributed by atoms with Crippen LogP contribution in [0.4, 0.5) is 5.69 Å². The average molecular weight is 383 g/mol. The summed E-state index contributed by atoms with van der Waals surface area (Å²) in [4.78, 5) is 16.8. The van der Waals surface area contributed by atoms with Crippen LogP contribution in [0.2, 0.25) is 0 Å². The molecule has 0 saturated heterocycles. The van der Waals surface area contributed by atoms with Crippen LogP contribution in [0.3, 0.4) is 0 Å². The molecule has 1 aliphatic carbocycles. The number of ether oxygens (including phenoxy) is 1. The van der Waals surface area contributed by atoms with Crippen LogP contribution < -0.4 is 5.32 Å². The molecule has 0 bridgehead atoms. The molecule has 3 aromatic rings. The van der Waals surface area contributed by atoms with Crippen LogP contribution >= 0.6 is 11.3 Å². The zero-order valence-corrected chi connectivity index (χ0v) is 15.4. The van der Waals surface area contributed by atoms with Gasteiger partial charge >= 0.3 is 0 Å².